The van der Waals surface area contributed by atoms with Gasteiger partial charge < -0.3 is 10.6 Å². The number of urea groups is 1. The van der Waals surface area contributed by atoms with Crippen LogP contribution < -0.4 is 10.6 Å². The number of nitrogens with zero attached hydrogens (tertiary/aromatic N) is 3. The fraction of sp³-hybridized carbons (Fsp3) is 0.357. The second-order valence-electron chi connectivity index (χ2n) is 5.40. The number of nitrogens with one attached hydrogen (secondary N) is 2. The van der Waals surface area contributed by atoms with E-state index in [2.05, 4.69) is 20.7 Å². The van der Waals surface area contributed by atoms with Gasteiger partial charge in [-0.1, -0.05) is 0 Å². The number of amides is 2. The number of hydrogen-bond donors (Lipinski definition) is 2. The van der Waals surface area contributed by atoms with Gasteiger partial charge in [0.15, 0.2) is 15.7 Å². The largest absolute Gasteiger partial charge is 0.334 e. The number of hydrogen-bond acceptors (Lipinski definition) is 5. The molecule has 2 N–H and O–H groups in total. The van der Waals surface area contributed by atoms with Crippen molar-refractivity contribution >= 4 is 15.9 Å². The van der Waals surface area contributed by atoms with Gasteiger partial charge in [0.05, 0.1) is 11.5 Å². The zero-order valence-corrected chi connectivity index (χ0v) is 13.2. The van der Waals surface area contributed by atoms with Crippen LogP contribution >= 0.6 is 0 Å². The van der Waals surface area contributed by atoms with E-state index in [9.17, 15) is 13.2 Å². The lowest BCUT2D eigenvalue weighted by Gasteiger charge is -2.12. The first-order chi connectivity index (χ1) is 11.0. The van der Waals surface area contributed by atoms with Gasteiger partial charge >= 0.3 is 6.03 Å². The van der Waals surface area contributed by atoms with E-state index in [1.165, 1.54) is 0 Å². The van der Waals surface area contributed by atoms with Crippen LogP contribution in [0.15, 0.2) is 36.8 Å². The second kappa shape index (κ2) is 6.37. The Balaban J connectivity index is 1.54. The number of pyridine rings is 1. The lowest BCUT2D eigenvalue weighted by atomic mass is 10.2. The Morgan fingerprint density at radius 2 is 2.26 bits per heavy atom. The molecule has 0 unspecified atom stereocenters. The first kappa shape index (κ1) is 15.5. The summed E-state index contributed by atoms with van der Waals surface area (Å²) in [6.45, 7) is 0.322. The molecule has 9 heteroatoms. The maximum absolute atomic E-state index is 11.8. The molecule has 2 aromatic rings. The minimum Gasteiger partial charge on any atom is -0.334 e. The summed E-state index contributed by atoms with van der Waals surface area (Å²) >= 11 is 0. The topological polar surface area (TPSA) is 106 Å². The number of carbonyl (C=O) groups is 1. The van der Waals surface area contributed by atoms with Crippen molar-refractivity contribution < 1.29 is 13.2 Å². The number of carbonyl (C=O) groups excluding carboxylic acids is 1. The third-order valence-corrected chi connectivity index (χ3v) is 5.34. The summed E-state index contributed by atoms with van der Waals surface area (Å²) in [7, 11) is -3.00. The van der Waals surface area contributed by atoms with Gasteiger partial charge in [-0.3, -0.25) is 0 Å². The van der Waals surface area contributed by atoms with Gasteiger partial charge in [0.25, 0.3) is 0 Å². The van der Waals surface area contributed by atoms with E-state index in [1.807, 2.05) is 6.07 Å². The Kier molecular flexibility index (Phi) is 4.28. The van der Waals surface area contributed by atoms with Crippen LogP contribution in [-0.2, 0) is 16.4 Å². The summed E-state index contributed by atoms with van der Waals surface area (Å²) in [6, 6.07) is 4.75. The fourth-order valence-electron chi connectivity index (χ4n) is 2.43. The monoisotopic (exact) mass is 335 g/mol. The molecule has 3 rings (SSSR count). The first-order valence-corrected chi connectivity index (χ1v) is 9.04. The van der Waals surface area contributed by atoms with Gasteiger partial charge in [-0.05, 0) is 30.2 Å². The summed E-state index contributed by atoms with van der Waals surface area (Å²) in [5, 5.41) is 9.51. The second-order valence-corrected chi connectivity index (χ2v) is 7.63. The lowest BCUT2D eigenvalue weighted by molar-refractivity contribution is 0.237. The maximum Gasteiger partial charge on any atom is 0.315 e. The molecule has 0 aliphatic carbocycles. The minimum absolute atomic E-state index is 0.0130. The molecule has 2 aromatic heterocycles. The van der Waals surface area contributed by atoms with Gasteiger partial charge in [-0.25, -0.2) is 22.9 Å². The summed E-state index contributed by atoms with van der Waals surface area (Å²) in [5.74, 6) is 0.811. The highest BCUT2D eigenvalue weighted by Crippen LogP contribution is 2.11. The number of sulfone groups is 1. The summed E-state index contributed by atoms with van der Waals surface area (Å²) < 4.78 is 24.4. The smallest absolute Gasteiger partial charge is 0.315 e. The third kappa shape index (κ3) is 4.07. The fourth-order valence-corrected chi connectivity index (χ4v) is 4.10. The van der Waals surface area contributed by atoms with Crippen LogP contribution in [0.4, 0.5) is 4.79 Å². The highest BCUT2D eigenvalue weighted by Gasteiger charge is 2.28. The Morgan fingerprint density at radius 3 is 2.96 bits per heavy atom. The summed E-state index contributed by atoms with van der Waals surface area (Å²) in [4.78, 5) is 16.1. The molecule has 1 fully saturated rings. The van der Waals surface area contributed by atoms with Crippen LogP contribution in [0.2, 0.25) is 0 Å². The molecule has 0 radical (unpaired) electrons. The Bertz CT molecular complexity index is 789. The molecule has 0 bridgehead atoms. The highest BCUT2D eigenvalue weighted by molar-refractivity contribution is 7.91. The quantitative estimate of drug-likeness (QED) is 0.833. The van der Waals surface area contributed by atoms with Crippen molar-refractivity contribution in [3.8, 4) is 5.82 Å². The van der Waals surface area contributed by atoms with Crippen LogP contribution in [-0.4, -0.2) is 46.8 Å². The Labute approximate surface area is 133 Å². The van der Waals surface area contributed by atoms with Gasteiger partial charge in [-0.15, -0.1) is 0 Å². The van der Waals surface area contributed by atoms with E-state index in [1.54, 1.807) is 35.4 Å². The Morgan fingerprint density at radius 1 is 1.39 bits per heavy atom. The van der Waals surface area contributed by atoms with Crippen LogP contribution in [0.5, 0.6) is 0 Å². The maximum atomic E-state index is 11.8. The molecule has 8 nitrogen and oxygen atoms in total. The van der Waals surface area contributed by atoms with E-state index in [4.69, 9.17) is 0 Å². The molecule has 122 valence electrons. The summed E-state index contributed by atoms with van der Waals surface area (Å²) in [6.07, 6.45) is 5.56. The van der Waals surface area contributed by atoms with E-state index in [0.717, 1.165) is 5.56 Å². The number of aromatic nitrogens is 3. The molecular weight excluding hydrogens is 318 g/mol. The van der Waals surface area contributed by atoms with E-state index in [0.29, 0.717) is 18.8 Å². The van der Waals surface area contributed by atoms with Crippen molar-refractivity contribution in [1.29, 1.82) is 0 Å². The van der Waals surface area contributed by atoms with Crippen molar-refractivity contribution in [2.45, 2.75) is 19.0 Å². The third-order valence-electron chi connectivity index (χ3n) is 3.57. The normalized spacial score (nSPS) is 19.4. The number of rotatable bonds is 4. The van der Waals surface area contributed by atoms with Gasteiger partial charge in [0.2, 0.25) is 0 Å². The molecule has 0 saturated carbocycles. The Hall–Kier alpha value is -2.42. The lowest BCUT2D eigenvalue weighted by Crippen LogP contribution is -2.42. The van der Waals surface area contributed by atoms with Crippen molar-refractivity contribution in [2.24, 2.45) is 0 Å². The van der Waals surface area contributed by atoms with Crippen molar-refractivity contribution in [2.75, 3.05) is 11.5 Å². The molecule has 1 aliphatic rings. The highest BCUT2D eigenvalue weighted by atomic mass is 32.2. The standard InChI is InChI=1S/C14H17N5O3S/c20-14(18-12-3-7-23(21,22)10-12)16-9-11-2-5-15-13(8-11)19-6-1-4-17-19/h1-2,4-6,8,12H,3,7,9-10H2,(H2,16,18,20)/t12-/m0/s1. The SMILES string of the molecule is O=C(NCc1ccnc(-n2cccn2)c1)N[C@H]1CCS(=O)(=O)C1. The average molecular weight is 335 g/mol. The molecule has 1 saturated heterocycles. The van der Waals surface area contributed by atoms with Crippen LogP contribution in [0, 0.1) is 0 Å². The zero-order valence-electron chi connectivity index (χ0n) is 12.3. The van der Waals surface area contributed by atoms with Crippen LogP contribution in [0.3, 0.4) is 0 Å². The van der Waals surface area contributed by atoms with Gasteiger partial charge in [0.1, 0.15) is 0 Å². The van der Waals surface area contributed by atoms with Gasteiger partial charge in [0, 0.05) is 31.2 Å². The minimum atomic E-state index is -3.00. The van der Waals surface area contributed by atoms with Crippen molar-refractivity contribution in [3.05, 3.63) is 42.4 Å². The molecule has 0 spiro atoms. The molecule has 0 aromatic carbocycles. The van der Waals surface area contributed by atoms with Crippen molar-refractivity contribution in [1.82, 2.24) is 25.4 Å². The molecule has 1 atom stereocenters. The molecule has 23 heavy (non-hydrogen) atoms. The molecular formula is C14H17N5O3S. The average Bonchev–Trinajstić information content (AvgIpc) is 3.15. The van der Waals surface area contributed by atoms with E-state index < -0.39 is 9.84 Å². The molecule has 3 heterocycles. The summed E-state index contributed by atoms with van der Waals surface area (Å²) in [5.41, 5.74) is 0.875. The van der Waals surface area contributed by atoms with E-state index in [-0.39, 0.29) is 23.6 Å². The first-order valence-electron chi connectivity index (χ1n) is 7.21. The zero-order chi connectivity index (χ0) is 16.3. The predicted octanol–water partition coefficient (Wildman–Crippen LogP) is 0.254. The van der Waals surface area contributed by atoms with Crippen LogP contribution in [0.1, 0.15) is 12.0 Å². The molecule has 1 aliphatic heterocycles. The van der Waals surface area contributed by atoms with E-state index >= 15 is 0 Å². The predicted molar refractivity (Wildman–Crippen MR) is 83.8 cm³/mol. The van der Waals surface area contributed by atoms with Crippen molar-refractivity contribution in [3.63, 3.8) is 0 Å². The van der Waals surface area contributed by atoms with Gasteiger partial charge in [-0.2, -0.15) is 5.10 Å². The van der Waals surface area contributed by atoms with Crippen LogP contribution in [0.25, 0.3) is 5.82 Å². The molecule has 2 amide bonds.